The molecule has 8 heteroatoms. The summed E-state index contributed by atoms with van der Waals surface area (Å²) in [6.45, 7) is 1.89. The van der Waals surface area contributed by atoms with Crippen LogP contribution >= 0.6 is 0 Å². The van der Waals surface area contributed by atoms with Gasteiger partial charge in [-0.1, -0.05) is 12.1 Å². The summed E-state index contributed by atoms with van der Waals surface area (Å²) in [6.07, 6.45) is 3.23. The molecule has 7 nitrogen and oxygen atoms in total. The number of rotatable bonds is 8. The number of carbonyl (C=O) groups excluding carboxylic acids is 2. The van der Waals surface area contributed by atoms with Crippen molar-refractivity contribution in [2.45, 2.75) is 32.2 Å². The molecule has 28 heavy (non-hydrogen) atoms. The number of aromatic nitrogens is 2. The number of amides is 2. The Morgan fingerprint density at radius 2 is 1.89 bits per heavy atom. The monoisotopic (exact) mass is 388 g/mol. The maximum atomic E-state index is 13.0. The van der Waals surface area contributed by atoms with Crippen molar-refractivity contribution in [3.8, 4) is 0 Å². The van der Waals surface area contributed by atoms with Gasteiger partial charge in [0.1, 0.15) is 11.5 Å². The molecule has 1 aliphatic rings. The fourth-order valence-corrected chi connectivity index (χ4v) is 3.30. The number of hydrogen-bond acceptors (Lipinski definition) is 4. The molecule has 0 aliphatic carbocycles. The van der Waals surface area contributed by atoms with Gasteiger partial charge in [0.15, 0.2) is 5.82 Å². The molecule has 0 fully saturated rings. The third-order valence-electron chi connectivity index (χ3n) is 4.74. The third-order valence-corrected chi connectivity index (χ3v) is 4.74. The van der Waals surface area contributed by atoms with Crippen LogP contribution in [0.4, 0.5) is 4.39 Å². The molecule has 0 radical (unpaired) electrons. The van der Waals surface area contributed by atoms with Gasteiger partial charge in [-0.25, -0.2) is 9.37 Å². The zero-order chi connectivity index (χ0) is 19.9. The van der Waals surface area contributed by atoms with E-state index in [9.17, 15) is 14.0 Å². The van der Waals surface area contributed by atoms with Crippen molar-refractivity contribution < 1.29 is 18.7 Å². The van der Waals surface area contributed by atoms with Crippen LogP contribution in [0.15, 0.2) is 24.3 Å². The number of imidazole rings is 1. The van der Waals surface area contributed by atoms with Crippen LogP contribution in [0.3, 0.4) is 0 Å². The van der Waals surface area contributed by atoms with Crippen molar-refractivity contribution in [3.63, 3.8) is 0 Å². The van der Waals surface area contributed by atoms with E-state index in [0.29, 0.717) is 38.4 Å². The number of methoxy groups -OCH3 is 1. The molecule has 0 bridgehead atoms. The molecular formula is C20H25FN4O3. The van der Waals surface area contributed by atoms with E-state index >= 15 is 0 Å². The molecule has 3 rings (SSSR count). The molecule has 2 aromatic rings. The second-order valence-corrected chi connectivity index (χ2v) is 6.72. The smallest absolute Gasteiger partial charge is 0.287 e. The van der Waals surface area contributed by atoms with Gasteiger partial charge in [0.2, 0.25) is 0 Å². The fourth-order valence-electron chi connectivity index (χ4n) is 3.30. The Hall–Kier alpha value is -2.74. The Bertz CT molecular complexity index is 833. The molecular weight excluding hydrogens is 363 g/mol. The number of halogens is 1. The lowest BCUT2D eigenvalue weighted by Gasteiger charge is -2.17. The Labute approximate surface area is 163 Å². The van der Waals surface area contributed by atoms with Gasteiger partial charge in [0.25, 0.3) is 11.8 Å². The summed E-state index contributed by atoms with van der Waals surface area (Å²) < 4.78 is 19.8. The SMILES string of the molecule is COCCNC(=O)c1nc(C(=O)NCCc2ccc(F)cc2)c2n1CCCC2. The normalized spacial score (nSPS) is 13.1. The minimum absolute atomic E-state index is 0.273. The second kappa shape index (κ2) is 9.45. The Morgan fingerprint density at radius 3 is 2.64 bits per heavy atom. The summed E-state index contributed by atoms with van der Waals surface area (Å²) in [5.74, 6) is -0.600. The van der Waals surface area contributed by atoms with Crippen molar-refractivity contribution in [3.05, 3.63) is 52.9 Å². The van der Waals surface area contributed by atoms with Crippen LogP contribution in [0.2, 0.25) is 0 Å². The van der Waals surface area contributed by atoms with Crippen LogP contribution < -0.4 is 10.6 Å². The predicted molar refractivity (Wildman–Crippen MR) is 102 cm³/mol. The maximum Gasteiger partial charge on any atom is 0.287 e. The van der Waals surface area contributed by atoms with Gasteiger partial charge in [-0.2, -0.15) is 0 Å². The first-order chi connectivity index (χ1) is 13.6. The van der Waals surface area contributed by atoms with Crippen molar-refractivity contribution in [2.75, 3.05) is 26.8 Å². The van der Waals surface area contributed by atoms with E-state index in [4.69, 9.17) is 4.74 Å². The minimum Gasteiger partial charge on any atom is -0.383 e. The maximum absolute atomic E-state index is 13.0. The number of fused-ring (bicyclic) bond motifs is 1. The fraction of sp³-hybridized carbons (Fsp3) is 0.450. The van der Waals surface area contributed by atoms with E-state index < -0.39 is 0 Å². The molecule has 2 N–H and O–H groups in total. The minimum atomic E-state index is -0.300. The molecule has 1 aromatic carbocycles. The highest BCUT2D eigenvalue weighted by Crippen LogP contribution is 2.21. The van der Waals surface area contributed by atoms with E-state index in [1.807, 2.05) is 4.57 Å². The molecule has 0 spiro atoms. The lowest BCUT2D eigenvalue weighted by molar-refractivity contribution is 0.0921. The van der Waals surface area contributed by atoms with Crippen LogP contribution in [-0.2, 0) is 24.1 Å². The van der Waals surface area contributed by atoms with E-state index in [2.05, 4.69) is 15.6 Å². The predicted octanol–water partition coefficient (Wildman–Crippen LogP) is 1.71. The topological polar surface area (TPSA) is 85.2 Å². The van der Waals surface area contributed by atoms with Gasteiger partial charge in [0.05, 0.1) is 12.3 Å². The number of benzene rings is 1. The summed E-state index contributed by atoms with van der Waals surface area (Å²) in [5.41, 5.74) is 2.06. The lowest BCUT2D eigenvalue weighted by Crippen LogP contribution is -2.30. The van der Waals surface area contributed by atoms with E-state index in [1.54, 1.807) is 19.2 Å². The van der Waals surface area contributed by atoms with Crippen LogP contribution in [-0.4, -0.2) is 48.2 Å². The summed E-state index contributed by atoms with van der Waals surface area (Å²) in [6, 6.07) is 6.19. The van der Waals surface area contributed by atoms with Gasteiger partial charge >= 0.3 is 0 Å². The number of nitrogens with one attached hydrogen (secondary N) is 2. The average molecular weight is 388 g/mol. The van der Waals surface area contributed by atoms with Gasteiger partial charge in [-0.15, -0.1) is 0 Å². The highest BCUT2D eigenvalue weighted by Gasteiger charge is 2.27. The molecule has 0 unspecified atom stereocenters. The van der Waals surface area contributed by atoms with Crippen molar-refractivity contribution >= 4 is 11.8 Å². The molecule has 2 amide bonds. The standard InChI is InChI=1S/C20H25FN4O3/c1-28-13-11-23-20(27)18-24-17(16-4-2-3-12-25(16)18)19(26)22-10-9-14-5-7-15(21)8-6-14/h5-8H,2-4,9-13H2,1H3,(H,22,26)(H,23,27). The largest absolute Gasteiger partial charge is 0.383 e. The quantitative estimate of drug-likeness (QED) is 0.674. The van der Waals surface area contributed by atoms with Crippen LogP contribution in [0.25, 0.3) is 0 Å². The second-order valence-electron chi connectivity index (χ2n) is 6.72. The van der Waals surface area contributed by atoms with Crippen molar-refractivity contribution in [2.24, 2.45) is 0 Å². The van der Waals surface area contributed by atoms with E-state index in [1.165, 1.54) is 12.1 Å². The molecule has 0 atom stereocenters. The molecule has 0 saturated carbocycles. The summed E-state index contributed by atoms with van der Waals surface area (Å²) in [7, 11) is 1.57. The van der Waals surface area contributed by atoms with Gasteiger partial charge in [0, 0.05) is 26.7 Å². The van der Waals surface area contributed by atoms with Crippen LogP contribution in [0.1, 0.15) is 45.2 Å². The number of ether oxygens (including phenoxy) is 1. The van der Waals surface area contributed by atoms with Crippen LogP contribution in [0.5, 0.6) is 0 Å². The van der Waals surface area contributed by atoms with E-state index in [0.717, 1.165) is 30.5 Å². The molecule has 0 saturated heterocycles. The van der Waals surface area contributed by atoms with Crippen molar-refractivity contribution in [1.29, 1.82) is 0 Å². The first-order valence-corrected chi connectivity index (χ1v) is 9.49. The van der Waals surface area contributed by atoms with Gasteiger partial charge < -0.3 is 19.9 Å². The third kappa shape index (κ3) is 4.75. The highest BCUT2D eigenvalue weighted by molar-refractivity contribution is 5.97. The number of nitrogens with zero attached hydrogens (tertiary/aromatic N) is 2. The molecule has 150 valence electrons. The summed E-state index contributed by atoms with van der Waals surface area (Å²) in [4.78, 5) is 29.5. The zero-order valence-electron chi connectivity index (χ0n) is 16.0. The Morgan fingerprint density at radius 1 is 1.14 bits per heavy atom. The number of carbonyl (C=O) groups is 2. The van der Waals surface area contributed by atoms with Crippen molar-refractivity contribution in [1.82, 2.24) is 20.2 Å². The van der Waals surface area contributed by atoms with Gasteiger partial charge in [-0.3, -0.25) is 9.59 Å². The lowest BCUT2D eigenvalue weighted by atomic mass is 10.1. The average Bonchev–Trinajstić information content (AvgIpc) is 3.09. The molecule has 1 aliphatic heterocycles. The Kier molecular flexibility index (Phi) is 6.76. The molecule has 2 heterocycles. The van der Waals surface area contributed by atoms with Gasteiger partial charge in [-0.05, 0) is 43.4 Å². The zero-order valence-corrected chi connectivity index (χ0v) is 16.0. The summed E-state index contributed by atoms with van der Waals surface area (Å²) in [5, 5.41) is 5.62. The van der Waals surface area contributed by atoms with Crippen LogP contribution in [0, 0.1) is 5.82 Å². The first-order valence-electron chi connectivity index (χ1n) is 9.49. The van der Waals surface area contributed by atoms with E-state index in [-0.39, 0.29) is 23.5 Å². The Balaban J connectivity index is 1.67. The summed E-state index contributed by atoms with van der Waals surface area (Å²) >= 11 is 0. The highest BCUT2D eigenvalue weighted by atomic mass is 19.1. The first kappa shape index (κ1) is 20.0. The number of hydrogen-bond donors (Lipinski definition) is 2. The molecule has 1 aromatic heterocycles.